The number of fused-ring (bicyclic) bond motifs is 1. The van der Waals surface area contributed by atoms with Crippen molar-refractivity contribution in [2.24, 2.45) is 5.92 Å². The van der Waals surface area contributed by atoms with E-state index in [0.717, 1.165) is 5.92 Å². The van der Waals surface area contributed by atoms with Crippen LogP contribution in [0.2, 0.25) is 0 Å². The third-order valence-corrected chi connectivity index (χ3v) is 4.13. The van der Waals surface area contributed by atoms with Gasteiger partial charge in [0.1, 0.15) is 5.60 Å². The van der Waals surface area contributed by atoms with Crippen molar-refractivity contribution in [3.8, 4) is 0 Å². The van der Waals surface area contributed by atoms with Gasteiger partial charge in [0.15, 0.2) is 0 Å². The van der Waals surface area contributed by atoms with Crippen LogP contribution >= 0.6 is 0 Å². The zero-order valence-corrected chi connectivity index (χ0v) is 9.28. The van der Waals surface area contributed by atoms with E-state index >= 15 is 0 Å². The monoisotopic (exact) mass is 202 g/mol. The second kappa shape index (κ2) is 3.34. The van der Waals surface area contributed by atoms with Crippen molar-refractivity contribution in [2.45, 2.75) is 44.3 Å². The number of hydrogen-bond acceptors (Lipinski definition) is 1. The molecule has 0 bridgehead atoms. The fourth-order valence-electron chi connectivity index (χ4n) is 3.01. The topological polar surface area (TPSA) is 12.5 Å². The molecule has 0 aromatic heterocycles. The predicted molar refractivity (Wildman–Crippen MR) is 60.6 cm³/mol. The van der Waals surface area contributed by atoms with Crippen molar-refractivity contribution in [3.63, 3.8) is 0 Å². The molecule has 2 aliphatic rings. The lowest BCUT2D eigenvalue weighted by Crippen LogP contribution is -2.22. The lowest BCUT2D eigenvalue weighted by molar-refractivity contribution is 0.283. The van der Waals surface area contributed by atoms with Crippen molar-refractivity contribution in [3.05, 3.63) is 35.9 Å². The summed E-state index contributed by atoms with van der Waals surface area (Å²) in [4.78, 5) is 0. The SMILES string of the molecule is CC[C@@H]1CC[C@]2(c3ccccc3)O[C@@H]2C1. The molecule has 0 radical (unpaired) electrons. The highest BCUT2D eigenvalue weighted by atomic mass is 16.6. The van der Waals surface area contributed by atoms with E-state index in [9.17, 15) is 0 Å². The number of rotatable bonds is 2. The van der Waals surface area contributed by atoms with Crippen LogP contribution in [0.3, 0.4) is 0 Å². The maximum absolute atomic E-state index is 5.98. The Kier molecular flexibility index (Phi) is 2.10. The summed E-state index contributed by atoms with van der Waals surface area (Å²) < 4.78 is 5.98. The quantitative estimate of drug-likeness (QED) is 0.669. The van der Waals surface area contributed by atoms with Gasteiger partial charge in [0.2, 0.25) is 0 Å². The summed E-state index contributed by atoms with van der Waals surface area (Å²) in [5.41, 5.74) is 1.51. The van der Waals surface area contributed by atoms with Crippen LogP contribution in [0.15, 0.2) is 30.3 Å². The van der Waals surface area contributed by atoms with Crippen molar-refractivity contribution < 1.29 is 4.74 Å². The van der Waals surface area contributed by atoms with E-state index in [4.69, 9.17) is 4.74 Å². The molecule has 1 aliphatic heterocycles. The van der Waals surface area contributed by atoms with E-state index in [-0.39, 0.29) is 5.60 Å². The Morgan fingerprint density at radius 1 is 1.33 bits per heavy atom. The first-order valence-electron chi connectivity index (χ1n) is 6.08. The molecule has 0 spiro atoms. The lowest BCUT2D eigenvalue weighted by atomic mass is 9.78. The third-order valence-electron chi connectivity index (χ3n) is 4.13. The summed E-state index contributed by atoms with van der Waals surface area (Å²) in [5, 5.41) is 0. The standard InChI is InChI=1S/C14H18O/c1-2-11-8-9-14(13(10-11)15-14)12-6-4-3-5-7-12/h3-7,11,13H,2,8-10H2,1H3/t11-,13-,14-/m1/s1. The van der Waals surface area contributed by atoms with Gasteiger partial charge < -0.3 is 4.74 Å². The molecule has 1 heteroatoms. The van der Waals surface area contributed by atoms with Gasteiger partial charge in [-0.15, -0.1) is 0 Å². The summed E-state index contributed by atoms with van der Waals surface area (Å²) in [6, 6.07) is 10.7. The van der Waals surface area contributed by atoms with Crippen LogP contribution in [0, 0.1) is 5.92 Å². The first kappa shape index (κ1) is 9.41. The predicted octanol–water partition coefficient (Wildman–Crippen LogP) is 3.49. The molecular formula is C14H18O. The van der Waals surface area contributed by atoms with Gasteiger partial charge in [-0.3, -0.25) is 0 Å². The second-order valence-corrected chi connectivity index (χ2v) is 4.91. The smallest absolute Gasteiger partial charge is 0.120 e. The van der Waals surface area contributed by atoms with Crippen molar-refractivity contribution >= 4 is 0 Å². The molecule has 1 saturated carbocycles. The van der Waals surface area contributed by atoms with E-state index in [1.165, 1.54) is 31.2 Å². The molecule has 1 aliphatic carbocycles. The van der Waals surface area contributed by atoms with E-state index in [1.54, 1.807) is 0 Å². The molecular weight excluding hydrogens is 184 g/mol. The number of hydrogen-bond donors (Lipinski definition) is 0. The Hall–Kier alpha value is -0.820. The minimum absolute atomic E-state index is 0.118. The molecule has 1 saturated heterocycles. The van der Waals surface area contributed by atoms with Crippen LogP contribution in [0.1, 0.15) is 38.2 Å². The Morgan fingerprint density at radius 2 is 2.13 bits per heavy atom. The fraction of sp³-hybridized carbons (Fsp3) is 0.571. The molecule has 15 heavy (non-hydrogen) atoms. The van der Waals surface area contributed by atoms with Gasteiger partial charge in [-0.1, -0.05) is 43.7 Å². The zero-order valence-electron chi connectivity index (χ0n) is 9.28. The highest BCUT2D eigenvalue weighted by Crippen LogP contribution is 2.56. The maximum Gasteiger partial charge on any atom is 0.120 e. The largest absolute Gasteiger partial charge is 0.361 e. The number of benzene rings is 1. The molecule has 3 atom stereocenters. The van der Waals surface area contributed by atoms with E-state index in [1.807, 2.05) is 0 Å². The maximum atomic E-state index is 5.98. The van der Waals surface area contributed by atoms with Crippen LogP contribution in [-0.4, -0.2) is 6.10 Å². The molecule has 1 aromatic rings. The molecule has 1 aromatic carbocycles. The first-order chi connectivity index (χ1) is 7.35. The minimum Gasteiger partial charge on any atom is -0.361 e. The highest BCUT2D eigenvalue weighted by molar-refractivity contribution is 5.30. The molecule has 0 N–H and O–H groups in total. The molecule has 1 heterocycles. The molecule has 2 fully saturated rings. The molecule has 0 amide bonds. The number of epoxide rings is 1. The van der Waals surface area contributed by atoms with E-state index in [2.05, 4.69) is 37.3 Å². The van der Waals surface area contributed by atoms with Crippen molar-refractivity contribution in [1.82, 2.24) is 0 Å². The third kappa shape index (κ3) is 1.41. The van der Waals surface area contributed by atoms with Gasteiger partial charge in [0.25, 0.3) is 0 Å². The Bertz CT molecular complexity index is 346. The average molecular weight is 202 g/mol. The zero-order chi connectivity index (χ0) is 10.3. The van der Waals surface area contributed by atoms with Crippen LogP contribution in [0.4, 0.5) is 0 Å². The average Bonchev–Trinajstić information content (AvgIpc) is 3.04. The Morgan fingerprint density at radius 3 is 2.80 bits per heavy atom. The Balaban J connectivity index is 1.80. The summed E-state index contributed by atoms with van der Waals surface area (Å²) in [5.74, 6) is 0.898. The van der Waals surface area contributed by atoms with Crippen LogP contribution in [-0.2, 0) is 10.3 Å². The normalized spacial score (nSPS) is 38.5. The first-order valence-corrected chi connectivity index (χ1v) is 6.08. The van der Waals surface area contributed by atoms with Gasteiger partial charge in [0, 0.05) is 0 Å². The van der Waals surface area contributed by atoms with Gasteiger partial charge in [-0.2, -0.15) is 0 Å². The summed E-state index contributed by atoms with van der Waals surface area (Å²) in [6.07, 6.45) is 5.65. The second-order valence-electron chi connectivity index (χ2n) is 4.91. The summed E-state index contributed by atoms with van der Waals surface area (Å²) >= 11 is 0. The van der Waals surface area contributed by atoms with Crippen molar-refractivity contribution in [2.75, 3.05) is 0 Å². The highest BCUT2D eigenvalue weighted by Gasteiger charge is 2.59. The number of ether oxygens (including phenoxy) is 1. The van der Waals surface area contributed by atoms with Gasteiger partial charge in [-0.05, 0) is 30.7 Å². The van der Waals surface area contributed by atoms with E-state index < -0.39 is 0 Å². The fourth-order valence-corrected chi connectivity index (χ4v) is 3.01. The van der Waals surface area contributed by atoms with Crippen molar-refractivity contribution in [1.29, 1.82) is 0 Å². The Labute approximate surface area is 91.5 Å². The minimum atomic E-state index is 0.118. The van der Waals surface area contributed by atoms with Crippen LogP contribution in [0.5, 0.6) is 0 Å². The lowest BCUT2D eigenvalue weighted by Gasteiger charge is -2.23. The molecule has 0 unspecified atom stereocenters. The van der Waals surface area contributed by atoms with Gasteiger partial charge in [-0.25, -0.2) is 0 Å². The molecule has 1 nitrogen and oxygen atoms in total. The molecule has 80 valence electrons. The summed E-state index contributed by atoms with van der Waals surface area (Å²) in [6.45, 7) is 2.29. The van der Waals surface area contributed by atoms with Gasteiger partial charge >= 0.3 is 0 Å². The van der Waals surface area contributed by atoms with E-state index in [0.29, 0.717) is 6.10 Å². The summed E-state index contributed by atoms with van der Waals surface area (Å²) in [7, 11) is 0. The van der Waals surface area contributed by atoms with Crippen LogP contribution < -0.4 is 0 Å². The van der Waals surface area contributed by atoms with Gasteiger partial charge in [0.05, 0.1) is 6.10 Å². The van der Waals surface area contributed by atoms with Crippen LogP contribution in [0.25, 0.3) is 0 Å². The molecule has 3 rings (SSSR count).